The summed E-state index contributed by atoms with van der Waals surface area (Å²) >= 11 is 0. The van der Waals surface area contributed by atoms with Crippen molar-refractivity contribution in [1.29, 1.82) is 0 Å². The van der Waals surface area contributed by atoms with Crippen LogP contribution in [0.1, 0.15) is 26.7 Å². The Morgan fingerprint density at radius 1 is 1.00 bits per heavy atom. The monoisotopic (exact) mass is 229 g/mol. The molecule has 0 amide bonds. The van der Waals surface area contributed by atoms with Gasteiger partial charge >= 0.3 is 0 Å². The number of anilines is 1. The molecule has 2 heteroatoms. The lowest BCUT2D eigenvalue weighted by Gasteiger charge is -2.18. The molecule has 2 aromatic carbocycles. The largest absolute Gasteiger partial charge is 0.507 e. The SMILES string of the molecule is CCC(CC)Nc1cccc2c(O)cccc12. The van der Waals surface area contributed by atoms with Gasteiger partial charge in [0, 0.05) is 22.5 Å². The lowest BCUT2D eigenvalue weighted by molar-refractivity contribution is 0.481. The zero-order chi connectivity index (χ0) is 12.3. The zero-order valence-corrected chi connectivity index (χ0v) is 10.4. The number of phenols is 1. The smallest absolute Gasteiger partial charge is 0.123 e. The molecule has 2 nitrogen and oxygen atoms in total. The van der Waals surface area contributed by atoms with Gasteiger partial charge in [0.15, 0.2) is 0 Å². The van der Waals surface area contributed by atoms with E-state index in [-0.39, 0.29) is 0 Å². The van der Waals surface area contributed by atoms with E-state index in [0.29, 0.717) is 11.8 Å². The van der Waals surface area contributed by atoms with E-state index in [1.54, 1.807) is 6.07 Å². The van der Waals surface area contributed by atoms with E-state index in [4.69, 9.17) is 0 Å². The van der Waals surface area contributed by atoms with E-state index in [1.165, 1.54) is 0 Å². The van der Waals surface area contributed by atoms with Gasteiger partial charge in [-0.2, -0.15) is 0 Å². The highest BCUT2D eigenvalue weighted by molar-refractivity contribution is 5.97. The van der Waals surface area contributed by atoms with Crippen LogP contribution in [0, 0.1) is 0 Å². The van der Waals surface area contributed by atoms with Crippen LogP contribution in [0.4, 0.5) is 5.69 Å². The van der Waals surface area contributed by atoms with Crippen LogP contribution in [0.25, 0.3) is 10.8 Å². The molecule has 0 spiro atoms. The van der Waals surface area contributed by atoms with Gasteiger partial charge in [0.05, 0.1) is 0 Å². The Labute approximate surface area is 102 Å². The number of aromatic hydroxyl groups is 1. The van der Waals surface area contributed by atoms with Gasteiger partial charge in [0.1, 0.15) is 5.75 Å². The average molecular weight is 229 g/mol. The minimum Gasteiger partial charge on any atom is -0.507 e. The van der Waals surface area contributed by atoms with Gasteiger partial charge in [-0.15, -0.1) is 0 Å². The fraction of sp³-hybridized carbons (Fsp3) is 0.333. The molecule has 2 rings (SSSR count). The van der Waals surface area contributed by atoms with Crippen molar-refractivity contribution in [2.24, 2.45) is 0 Å². The van der Waals surface area contributed by atoms with E-state index in [1.807, 2.05) is 24.3 Å². The summed E-state index contributed by atoms with van der Waals surface area (Å²) < 4.78 is 0. The number of rotatable bonds is 4. The van der Waals surface area contributed by atoms with Crippen molar-refractivity contribution < 1.29 is 5.11 Å². The first kappa shape index (κ1) is 11.8. The Hall–Kier alpha value is -1.70. The molecular weight excluding hydrogens is 210 g/mol. The first-order valence-corrected chi connectivity index (χ1v) is 6.23. The van der Waals surface area contributed by atoms with Gasteiger partial charge < -0.3 is 10.4 Å². The van der Waals surface area contributed by atoms with Crippen LogP contribution in [0.3, 0.4) is 0 Å². The first-order chi connectivity index (χ1) is 8.26. The number of hydrogen-bond acceptors (Lipinski definition) is 2. The second-order valence-electron chi connectivity index (χ2n) is 4.34. The van der Waals surface area contributed by atoms with Gasteiger partial charge in [0.25, 0.3) is 0 Å². The van der Waals surface area contributed by atoms with Gasteiger partial charge in [-0.05, 0) is 25.0 Å². The van der Waals surface area contributed by atoms with Crippen LogP contribution < -0.4 is 5.32 Å². The molecule has 0 saturated heterocycles. The topological polar surface area (TPSA) is 32.3 Å². The molecule has 90 valence electrons. The van der Waals surface area contributed by atoms with E-state index in [9.17, 15) is 5.11 Å². The summed E-state index contributed by atoms with van der Waals surface area (Å²) in [4.78, 5) is 0. The van der Waals surface area contributed by atoms with E-state index >= 15 is 0 Å². The molecule has 0 unspecified atom stereocenters. The quantitative estimate of drug-likeness (QED) is 0.825. The summed E-state index contributed by atoms with van der Waals surface area (Å²) in [5, 5.41) is 15.3. The highest BCUT2D eigenvalue weighted by Crippen LogP contribution is 2.30. The van der Waals surface area contributed by atoms with Crippen LogP contribution in [0.5, 0.6) is 5.75 Å². The van der Waals surface area contributed by atoms with Crippen molar-refractivity contribution in [3.05, 3.63) is 36.4 Å². The molecule has 0 bridgehead atoms. The lowest BCUT2D eigenvalue weighted by atomic mass is 10.1. The Bertz CT molecular complexity index is 503. The van der Waals surface area contributed by atoms with Gasteiger partial charge in [-0.1, -0.05) is 38.1 Å². The molecule has 0 fully saturated rings. The summed E-state index contributed by atoms with van der Waals surface area (Å²) in [6.07, 6.45) is 2.21. The molecule has 0 heterocycles. The average Bonchev–Trinajstić information content (AvgIpc) is 2.37. The third kappa shape index (κ3) is 2.36. The highest BCUT2D eigenvalue weighted by atomic mass is 16.3. The Morgan fingerprint density at radius 2 is 1.65 bits per heavy atom. The van der Waals surface area contributed by atoms with Crippen LogP contribution in [0.2, 0.25) is 0 Å². The maximum Gasteiger partial charge on any atom is 0.123 e. The van der Waals surface area contributed by atoms with Crippen LogP contribution >= 0.6 is 0 Å². The van der Waals surface area contributed by atoms with Crippen LogP contribution in [-0.2, 0) is 0 Å². The maximum atomic E-state index is 9.82. The Morgan fingerprint density at radius 3 is 2.35 bits per heavy atom. The lowest BCUT2D eigenvalue weighted by Crippen LogP contribution is -2.16. The highest BCUT2D eigenvalue weighted by Gasteiger charge is 2.07. The summed E-state index contributed by atoms with van der Waals surface area (Å²) in [6.45, 7) is 4.37. The summed E-state index contributed by atoms with van der Waals surface area (Å²) in [6, 6.07) is 12.1. The number of fused-ring (bicyclic) bond motifs is 1. The summed E-state index contributed by atoms with van der Waals surface area (Å²) in [5.74, 6) is 0.343. The van der Waals surface area contributed by atoms with Crippen LogP contribution in [0.15, 0.2) is 36.4 Å². The fourth-order valence-electron chi connectivity index (χ4n) is 2.13. The molecule has 0 atom stereocenters. The Balaban J connectivity index is 2.44. The third-order valence-electron chi connectivity index (χ3n) is 3.24. The molecule has 0 radical (unpaired) electrons. The van der Waals surface area contributed by atoms with E-state index in [2.05, 4.69) is 25.2 Å². The summed E-state index contributed by atoms with van der Waals surface area (Å²) in [7, 11) is 0. The standard InChI is InChI=1S/C15H19NO/c1-3-11(4-2)16-14-9-5-8-13-12(14)7-6-10-15(13)17/h5-11,16-17H,3-4H2,1-2H3. The molecule has 2 N–H and O–H groups in total. The Kier molecular flexibility index (Phi) is 3.52. The second kappa shape index (κ2) is 5.09. The third-order valence-corrected chi connectivity index (χ3v) is 3.24. The van der Waals surface area contributed by atoms with Gasteiger partial charge in [-0.3, -0.25) is 0 Å². The van der Waals surface area contributed by atoms with Crippen molar-refractivity contribution >= 4 is 16.5 Å². The molecule has 0 aliphatic heterocycles. The molecular formula is C15H19NO. The zero-order valence-electron chi connectivity index (χ0n) is 10.4. The normalized spacial score (nSPS) is 11.0. The van der Waals surface area contributed by atoms with Crippen molar-refractivity contribution in [3.8, 4) is 5.75 Å². The molecule has 0 aliphatic rings. The molecule has 0 aromatic heterocycles. The van der Waals surface area contributed by atoms with Crippen molar-refractivity contribution in [2.75, 3.05) is 5.32 Å². The van der Waals surface area contributed by atoms with Crippen molar-refractivity contribution in [1.82, 2.24) is 0 Å². The van der Waals surface area contributed by atoms with Gasteiger partial charge in [-0.25, -0.2) is 0 Å². The minimum absolute atomic E-state index is 0.343. The molecule has 0 saturated carbocycles. The predicted octanol–water partition coefficient (Wildman–Crippen LogP) is 4.15. The van der Waals surface area contributed by atoms with Crippen LogP contribution in [-0.4, -0.2) is 11.1 Å². The minimum atomic E-state index is 0.343. The maximum absolute atomic E-state index is 9.82. The second-order valence-corrected chi connectivity index (χ2v) is 4.34. The summed E-state index contributed by atoms with van der Waals surface area (Å²) in [5.41, 5.74) is 1.10. The fourth-order valence-corrected chi connectivity index (χ4v) is 2.13. The number of benzene rings is 2. The molecule has 17 heavy (non-hydrogen) atoms. The number of hydrogen-bond donors (Lipinski definition) is 2. The van der Waals surface area contributed by atoms with E-state index < -0.39 is 0 Å². The predicted molar refractivity (Wildman–Crippen MR) is 73.6 cm³/mol. The number of nitrogens with one attached hydrogen (secondary N) is 1. The molecule has 0 aliphatic carbocycles. The van der Waals surface area contributed by atoms with Crippen molar-refractivity contribution in [2.45, 2.75) is 32.7 Å². The van der Waals surface area contributed by atoms with E-state index in [0.717, 1.165) is 29.3 Å². The first-order valence-electron chi connectivity index (χ1n) is 6.23. The molecule has 2 aromatic rings. The number of phenolic OH excluding ortho intramolecular Hbond substituents is 1. The van der Waals surface area contributed by atoms with Crippen molar-refractivity contribution in [3.63, 3.8) is 0 Å². The van der Waals surface area contributed by atoms with Gasteiger partial charge in [0.2, 0.25) is 0 Å².